The summed E-state index contributed by atoms with van der Waals surface area (Å²) in [5.74, 6) is 0. The van der Waals surface area contributed by atoms with Crippen LogP contribution in [0.3, 0.4) is 0 Å². The van der Waals surface area contributed by atoms with Crippen LogP contribution >= 0.6 is 23.1 Å². The molecule has 0 aliphatic rings. The SMILES string of the molecule is CCNc1cc(Sc2cccs2)cc([N+](=O)[O-])c1. The molecule has 1 N–H and O–H groups in total. The van der Waals surface area contributed by atoms with Gasteiger partial charge in [-0.2, -0.15) is 0 Å². The minimum atomic E-state index is -0.362. The van der Waals surface area contributed by atoms with Crippen LogP contribution in [0.4, 0.5) is 11.4 Å². The third-order valence-corrected chi connectivity index (χ3v) is 4.21. The summed E-state index contributed by atoms with van der Waals surface area (Å²) in [6.45, 7) is 2.70. The Kier molecular flexibility index (Phi) is 4.22. The van der Waals surface area contributed by atoms with Gasteiger partial charge in [-0.15, -0.1) is 11.3 Å². The molecule has 0 amide bonds. The molecule has 0 aliphatic carbocycles. The van der Waals surface area contributed by atoms with Gasteiger partial charge in [-0.1, -0.05) is 17.8 Å². The maximum absolute atomic E-state index is 10.9. The molecule has 0 radical (unpaired) electrons. The summed E-state index contributed by atoms with van der Waals surface area (Å²) < 4.78 is 1.12. The van der Waals surface area contributed by atoms with Crippen molar-refractivity contribution in [2.75, 3.05) is 11.9 Å². The van der Waals surface area contributed by atoms with E-state index >= 15 is 0 Å². The lowest BCUT2D eigenvalue weighted by molar-refractivity contribution is -0.385. The van der Waals surface area contributed by atoms with Crippen molar-refractivity contribution >= 4 is 34.5 Å². The molecule has 0 saturated carbocycles. The summed E-state index contributed by atoms with van der Waals surface area (Å²) in [5.41, 5.74) is 0.901. The van der Waals surface area contributed by atoms with Crippen molar-refractivity contribution in [2.45, 2.75) is 16.0 Å². The van der Waals surface area contributed by atoms with Gasteiger partial charge in [0.2, 0.25) is 0 Å². The fourth-order valence-corrected chi connectivity index (χ4v) is 3.33. The molecular formula is C12H12N2O2S2. The number of anilines is 1. The summed E-state index contributed by atoms with van der Waals surface area (Å²) in [5, 5.41) is 16.0. The van der Waals surface area contributed by atoms with Crippen LogP contribution in [0.1, 0.15) is 6.92 Å². The van der Waals surface area contributed by atoms with Crippen molar-refractivity contribution in [2.24, 2.45) is 0 Å². The topological polar surface area (TPSA) is 55.2 Å². The van der Waals surface area contributed by atoms with Crippen LogP contribution in [-0.2, 0) is 0 Å². The monoisotopic (exact) mass is 280 g/mol. The normalized spacial score (nSPS) is 10.3. The minimum Gasteiger partial charge on any atom is -0.385 e. The Hall–Kier alpha value is -1.53. The van der Waals surface area contributed by atoms with Gasteiger partial charge in [0, 0.05) is 29.3 Å². The zero-order chi connectivity index (χ0) is 13.0. The van der Waals surface area contributed by atoms with Crippen LogP contribution in [0.2, 0.25) is 0 Å². The van der Waals surface area contributed by atoms with Gasteiger partial charge < -0.3 is 5.32 Å². The molecule has 0 unspecified atom stereocenters. The highest BCUT2D eigenvalue weighted by Crippen LogP contribution is 2.35. The van der Waals surface area contributed by atoms with E-state index in [1.165, 1.54) is 11.8 Å². The molecule has 6 heteroatoms. The van der Waals surface area contributed by atoms with Crippen LogP contribution in [0.5, 0.6) is 0 Å². The van der Waals surface area contributed by atoms with Crippen molar-refractivity contribution < 1.29 is 4.92 Å². The van der Waals surface area contributed by atoms with Crippen molar-refractivity contribution in [3.63, 3.8) is 0 Å². The van der Waals surface area contributed by atoms with E-state index in [0.717, 1.165) is 21.3 Å². The summed E-state index contributed by atoms with van der Waals surface area (Å²) in [6, 6.07) is 9.06. The van der Waals surface area contributed by atoms with Crippen molar-refractivity contribution in [1.29, 1.82) is 0 Å². The molecule has 0 fully saturated rings. The van der Waals surface area contributed by atoms with Gasteiger partial charge in [-0.3, -0.25) is 10.1 Å². The average Bonchev–Trinajstić information content (AvgIpc) is 2.82. The quantitative estimate of drug-likeness (QED) is 0.657. The lowest BCUT2D eigenvalue weighted by Gasteiger charge is -2.06. The molecule has 2 aromatic rings. The lowest BCUT2D eigenvalue weighted by Crippen LogP contribution is -1.98. The molecule has 0 spiro atoms. The highest BCUT2D eigenvalue weighted by Gasteiger charge is 2.10. The predicted molar refractivity (Wildman–Crippen MR) is 75.7 cm³/mol. The Morgan fingerprint density at radius 2 is 2.28 bits per heavy atom. The van der Waals surface area contributed by atoms with Crippen molar-refractivity contribution in [3.05, 3.63) is 45.8 Å². The zero-order valence-electron chi connectivity index (χ0n) is 9.75. The first-order valence-corrected chi connectivity index (χ1v) is 7.13. The third-order valence-electron chi connectivity index (χ3n) is 2.20. The Morgan fingerprint density at radius 1 is 1.44 bits per heavy atom. The Bertz CT molecular complexity index is 541. The third kappa shape index (κ3) is 3.24. The minimum absolute atomic E-state index is 0.118. The van der Waals surface area contributed by atoms with Crippen LogP contribution in [0.15, 0.2) is 44.8 Å². The molecular weight excluding hydrogens is 268 g/mol. The number of hydrogen-bond donors (Lipinski definition) is 1. The maximum Gasteiger partial charge on any atom is 0.272 e. The van der Waals surface area contributed by atoms with Crippen LogP contribution in [-0.4, -0.2) is 11.5 Å². The first-order chi connectivity index (χ1) is 8.69. The highest BCUT2D eigenvalue weighted by molar-refractivity contribution is 8.01. The van der Waals surface area contributed by atoms with E-state index in [1.54, 1.807) is 23.5 Å². The number of nitrogens with one attached hydrogen (secondary N) is 1. The summed E-state index contributed by atoms with van der Waals surface area (Å²) in [7, 11) is 0. The first kappa shape index (κ1) is 12.9. The molecule has 0 saturated heterocycles. The zero-order valence-corrected chi connectivity index (χ0v) is 11.4. The summed E-state index contributed by atoms with van der Waals surface area (Å²) in [6.07, 6.45) is 0. The van der Waals surface area contributed by atoms with Crippen LogP contribution in [0, 0.1) is 10.1 Å². The van der Waals surface area contributed by atoms with E-state index in [1.807, 2.05) is 30.5 Å². The number of rotatable bonds is 5. The van der Waals surface area contributed by atoms with E-state index in [0.29, 0.717) is 0 Å². The van der Waals surface area contributed by atoms with Gasteiger partial charge in [0.25, 0.3) is 5.69 Å². The second-order valence-corrected chi connectivity index (χ2v) is 5.86. The number of nitrogens with zero attached hydrogens (tertiary/aromatic N) is 1. The molecule has 1 heterocycles. The van der Waals surface area contributed by atoms with Gasteiger partial charge >= 0.3 is 0 Å². The predicted octanol–water partition coefficient (Wildman–Crippen LogP) is 4.24. The molecule has 0 aliphatic heterocycles. The number of nitro benzene ring substituents is 1. The fraction of sp³-hybridized carbons (Fsp3) is 0.167. The molecule has 94 valence electrons. The van der Waals surface area contributed by atoms with Crippen LogP contribution in [0.25, 0.3) is 0 Å². The number of thiophene rings is 1. The van der Waals surface area contributed by atoms with E-state index in [-0.39, 0.29) is 10.6 Å². The smallest absolute Gasteiger partial charge is 0.272 e. The van der Waals surface area contributed by atoms with Crippen molar-refractivity contribution in [1.82, 2.24) is 0 Å². The summed E-state index contributed by atoms with van der Waals surface area (Å²) in [4.78, 5) is 11.4. The molecule has 18 heavy (non-hydrogen) atoms. The maximum atomic E-state index is 10.9. The Balaban J connectivity index is 2.30. The van der Waals surface area contributed by atoms with Gasteiger partial charge in [0.1, 0.15) is 0 Å². The van der Waals surface area contributed by atoms with E-state index in [4.69, 9.17) is 0 Å². The average molecular weight is 280 g/mol. The van der Waals surface area contributed by atoms with E-state index in [9.17, 15) is 10.1 Å². The fourth-order valence-electron chi connectivity index (χ4n) is 1.49. The van der Waals surface area contributed by atoms with Gasteiger partial charge in [0.15, 0.2) is 0 Å². The first-order valence-electron chi connectivity index (χ1n) is 5.43. The Morgan fingerprint density at radius 3 is 2.89 bits per heavy atom. The number of non-ortho nitro benzene ring substituents is 1. The van der Waals surface area contributed by atoms with Crippen LogP contribution < -0.4 is 5.32 Å². The van der Waals surface area contributed by atoms with Gasteiger partial charge in [-0.05, 0) is 24.4 Å². The largest absolute Gasteiger partial charge is 0.385 e. The number of benzene rings is 1. The standard InChI is InChI=1S/C12H12N2O2S2/c1-2-13-9-6-10(14(15)16)8-11(7-9)18-12-4-3-5-17-12/h3-8,13H,2H2,1H3. The second-order valence-electron chi connectivity index (χ2n) is 3.54. The van der Waals surface area contributed by atoms with E-state index < -0.39 is 0 Å². The molecule has 1 aromatic heterocycles. The molecule has 2 rings (SSSR count). The lowest BCUT2D eigenvalue weighted by atomic mass is 10.3. The van der Waals surface area contributed by atoms with Gasteiger partial charge in [0.05, 0.1) is 9.13 Å². The molecule has 4 nitrogen and oxygen atoms in total. The number of hydrogen-bond acceptors (Lipinski definition) is 5. The molecule has 1 aromatic carbocycles. The molecule has 0 atom stereocenters. The second kappa shape index (κ2) is 5.88. The van der Waals surface area contributed by atoms with Crippen molar-refractivity contribution in [3.8, 4) is 0 Å². The Labute approximate surface area is 113 Å². The number of nitro groups is 1. The molecule has 0 bridgehead atoms. The van der Waals surface area contributed by atoms with Gasteiger partial charge in [-0.25, -0.2) is 0 Å². The van der Waals surface area contributed by atoms with E-state index in [2.05, 4.69) is 5.32 Å². The summed E-state index contributed by atoms with van der Waals surface area (Å²) >= 11 is 3.16. The highest BCUT2D eigenvalue weighted by atomic mass is 32.2.